The number of rotatable bonds is 8. The van der Waals surface area contributed by atoms with Gasteiger partial charge in [-0.05, 0) is 0 Å². The normalized spacial score (nSPS) is 11.5. The van der Waals surface area contributed by atoms with Crippen LogP contribution >= 0.6 is 0 Å². The van der Waals surface area contributed by atoms with E-state index in [0.29, 0.717) is 12.0 Å². The zero-order chi connectivity index (χ0) is 17.0. The lowest BCUT2D eigenvalue weighted by Crippen LogP contribution is -2.23. The SMILES string of the molecule is CCC(O)(O)c1ccccc1.OC(O)CCOCCC(O)O. The fourth-order valence-corrected chi connectivity index (χ4v) is 1.39. The summed E-state index contributed by atoms with van der Waals surface area (Å²) in [7, 11) is 0. The topological polar surface area (TPSA) is 131 Å². The summed E-state index contributed by atoms with van der Waals surface area (Å²) < 4.78 is 4.82. The molecule has 6 N–H and O–H groups in total. The van der Waals surface area contributed by atoms with E-state index < -0.39 is 18.4 Å². The molecule has 0 heterocycles. The summed E-state index contributed by atoms with van der Waals surface area (Å²) in [5, 5.41) is 52.1. The maximum absolute atomic E-state index is 9.35. The molecule has 0 aliphatic heterocycles. The lowest BCUT2D eigenvalue weighted by atomic mass is 10.0. The molecule has 1 aromatic carbocycles. The molecule has 0 saturated heterocycles. The zero-order valence-electron chi connectivity index (χ0n) is 12.7. The zero-order valence-corrected chi connectivity index (χ0v) is 12.7. The highest BCUT2D eigenvalue weighted by molar-refractivity contribution is 5.19. The molecule has 7 nitrogen and oxygen atoms in total. The molecule has 1 aromatic rings. The van der Waals surface area contributed by atoms with Gasteiger partial charge in [-0.15, -0.1) is 0 Å². The third kappa shape index (κ3) is 10.6. The number of aliphatic hydroxyl groups excluding tert-OH is 2. The van der Waals surface area contributed by atoms with Gasteiger partial charge in [-0.25, -0.2) is 0 Å². The minimum atomic E-state index is -1.67. The lowest BCUT2D eigenvalue weighted by molar-refractivity contribution is -0.171. The molecule has 0 aromatic heterocycles. The van der Waals surface area contributed by atoms with E-state index in [1.54, 1.807) is 31.2 Å². The molecule has 128 valence electrons. The van der Waals surface area contributed by atoms with Crippen molar-refractivity contribution in [3.63, 3.8) is 0 Å². The van der Waals surface area contributed by atoms with Crippen molar-refractivity contribution in [2.45, 2.75) is 44.6 Å². The van der Waals surface area contributed by atoms with Crippen LogP contribution in [0.2, 0.25) is 0 Å². The van der Waals surface area contributed by atoms with Gasteiger partial charge in [0.15, 0.2) is 18.4 Å². The fraction of sp³-hybridized carbons (Fsp3) is 0.600. The molecule has 0 bridgehead atoms. The molecule has 0 atom stereocenters. The Kier molecular flexibility index (Phi) is 10.9. The van der Waals surface area contributed by atoms with Crippen molar-refractivity contribution < 1.29 is 35.4 Å². The Balaban J connectivity index is 0.000000401. The Labute approximate surface area is 130 Å². The summed E-state index contributed by atoms with van der Waals surface area (Å²) in [6, 6.07) is 8.81. The predicted octanol–water partition coefficient (Wildman–Crippen LogP) is -0.361. The number of ether oxygens (including phenoxy) is 1. The van der Waals surface area contributed by atoms with E-state index in [2.05, 4.69) is 0 Å². The molecule has 0 saturated carbocycles. The van der Waals surface area contributed by atoms with E-state index in [1.807, 2.05) is 6.07 Å². The van der Waals surface area contributed by atoms with Crippen LogP contribution in [0.25, 0.3) is 0 Å². The first-order valence-corrected chi connectivity index (χ1v) is 7.10. The number of benzene rings is 1. The third-order valence-corrected chi connectivity index (χ3v) is 2.77. The van der Waals surface area contributed by atoms with Crippen molar-refractivity contribution in [3.8, 4) is 0 Å². The van der Waals surface area contributed by atoms with Crippen molar-refractivity contribution in [1.29, 1.82) is 0 Å². The summed E-state index contributed by atoms with van der Waals surface area (Å²) in [5.74, 6) is -1.67. The molecule has 1 rings (SSSR count). The van der Waals surface area contributed by atoms with Gasteiger partial charge in [0.2, 0.25) is 0 Å². The first-order chi connectivity index (χ1) is 10.3. The summed E-state index contributed by atoms with van der Waals surface area (Å²) in [6.07, 6.45) is -2.12. The van der Waals surface area contributed by atoms with Crippen LogP contribution in [0.15, 0.2) is 30.3 Å². The standard InChI is InChI=1S/C9H12O2.C6H14O5/c1-2-9(10,11)8-6-4-3-5-7-8;7-5(8)1-3-11-4-2-6(9)10/h3-7,10-11H,2H2,1H3;5-10H,1-4H2. The summed E-state index contributed by atoms with van der Waals surface area (Å²) in [6.45, 7) is 2.15. The number of aliphatic hydroxyl groups is 6. The Bertz CT molecular complexity index is 355. The van der Waals surface area contributed by atoms with Crippen LogP contribution in [-0.2, 0) is 10.5 Å². The van der Waals surface area contributed by atoms with Crippen molar-refractivity contribution in [3.05, 3.63) is 35.9 Å². The fourth-order valence-electron chi connectivity index (χ4n) is 1.39. The molecule has 0 radical (unpaired) electrons. The van der Waals surface area contributed by atoms with Gasteiger partial charge < -0.3 is 35.4 Å². The highest BCUT2D eigenvalue weighted by Crippen LogP contribution is 2.20. The van der Waals surface area contributed by atoms with Crippen LogP contribution in [0, 0.1) is 0 Å². The van der Waals surface area contributed by atoms with Gasteiger partial charge in [0.25, 0.3) is 0 Å². The van der Waals surface area contributed by atoms with Gasteiger partial charge in [-0.1, -0.05) is 37.3 Å². The minimum absolute atomic E-state index is 0.140. The van der Waals surface area contributed by atoms with Crippen LogP contribution in [0.4, 0.5) is 0 Å². The monoisotopic (exact) mass is 318 g/mol. The molecular weight excluding hydrogens is 292 g/mol. The van der Waals surface area contributed by atoms with Crippen molar-refractivity contribution in [1.82, 2.24) is 0 Å². The summed E-state index contributed by atoms with van der Waals surface area (Å²) in [5.41, 5.74) is 0.544. The second-order valence-electron chi connectivity index (χ2n) is 4.69. The second-order valence-corrected chi connectivity index (χ2v) is 4.69. The highest BCUT2D eigenvalue weighted by atomic mass is 16.5. The molecule has 0 amide bonds. The highest BCUT2D eigenvalue weighted by Gasteiger charge is 2.21. The Morgan fingerprint density at radius 2 is 1.36 bits per heavy atom. The van der Waals surface area contributed by atoms with E-state index in [1.165, 1.54) is 0 Å². The molecule has 7 heteroatoms. The average molecular weight is 318 g/mol. The molecular formula is C15H26O7. The van der Waals surface area contributed by atoms with Gasteiger partial charge >= 0.3 is 0 Å². The Morgan fingerprint density at radius 3 is 1.73 bits per heavy atom. The van der Waals surface area contributed by atoms with Crippen LogP contribution < -0.4 is 0 Å². The van der Waals surface area contributed by atoms with Gasteiger partial charge in [0.05, 0.1) is 13.2 Å². The quantitative estimate of drug-likeness (QED) is 0.285. The predicted molar refractivity (Wildman–Crippen MR) is 79.4 cm³/mol. The first kappa shape index (κ1) is 20.9. The maximum Gasteiger partial charge on any atom is 0.189 e. The van der Waals surface area contributed by atoms with Gasteiger partial charge in [-0.3, -0.25) is 0 Å². The van der Waals surface area contributed by atoms with Crippen molar-refractivity contribution in [2.75, 3.05) is 13.2 Å². The third-order valence-electron chi connectivity index (χ3n) is 2.77. The van der Waals surface area contributed by atoms with Crippen LogP contribution in [-0.4, -0.2) is 56.4 Å². The second kappa shape index (κ2) is 11.5. The van der Waals surface area contributed by atoms with Crippen molar-refractivity contribution >= 4 is 0 Å². The van der Waals surface area contributed by atoms with Gasteiger partial charge in [0.1, 0.15) is 0 Å². The number of hydrogen-bond acceptors (Lipinski definition) is 7. The van der Waals surface area contributed by atoms with Crippen molar-refractivity contribution in [2.24, 2.45) is 0 Å². The van der Waals surface area contributed by atoms with Gasteiger partial charge in [0, 0.05) is 24.8 Å². The van der Waals surface area contributed by atoms with E-state index in [-0.39, 0.29) is 26.1 Å². The minimum Gasteiger partial charge on any atom is -0.381 e. The van der Waals surface area contributed by atoms with E-state index in [4.69, 9.17) is 25.2 Å². The number of hydrogen-bond donors (Lipinski definition) is 6. The molecule has 0 fully saturated rings. The summed E-state index contributed by atoms with van der Waals surface area (Å²) in [4.78, 5) is 0. The summed E-state index contributed by atoms with van der Waals surface area (Å²) >= 11 is 0. The van der Waals surface area contributed by atoms with Gasteiger partial charge in [-0.2, -0.15) is 0 Å². The molecule has 22 heavy (non-hydrogen) atoms. The average Bonchev–Trinajstić information content (AvgIpc) is 2.48. The molecule has 0 aliphatic carbocycles. The molecule has 0 spiro atoms. The van der Waals surface area contributed by atoms with E-state index in [0.717, 1.165) is 0 Å². The van der Waals surface area contributed by atoms with Crippen LogP contribution in [0.3, 0.4) is 0 Å². The first-order valence-electron chi connectivity index (χ1n) is 7.10. The molecule has 0 unspecified atom stereocenters. The Morgan fingerprint density at radius 1 is 0.909 bits per heavy atom. The van der Waals surface area contributed by atoms with E-state index in [9.17, 15) is 10.2 Å². The van der Waals surface area contributed by atoms with Crippen LogP contribution in [0.1, 0.15) is 31.7 Å². The largest absolute Gasteiger partial charge is 0.381 e. The lowest BCUT2D eigenvalue weighted by Gasteiger charge is -2.19. The van der Waals surface area contributed by atoms with E-state index >= 15 is 0 Å². The molecule has 0 aliphatic rings. The van der Waals surface area contributed by atoms with Crippen LogP contribution in [0.5, 0.6) is 0 Å². The smallest absolute Gasteiger partial charge is 0.189 e. The Hall–Kier alpha value is -1.06. The maximum atomic E-state index is 9.35.